The summed E-state index contributed by atoms with van der Waals surface area (Å²) < 4.78 is 5.61. The van der Waals surface area contributed by atoms with Gasteiger partial charge in [0.05, 0.1) is 5.92 Å². The summed E-state index contributed by atoms with van der Waals surface area (Å²) in [5.74, 6) is -0.637. The molecule has 7 nitrogen and oxygen atoms in total. The highest BCUT2D eigenvalue weighted by molar-refractivity contribution is 5.79. The number of benzene rings is 2. The maximum absolute atomic E-state index is 12.5. The molecule has 3 aliphatic rings. The Labute approximate surface area is 198 Å². The van der Waals surface area contributed by atoms with Crippen molar-refractivity contribution in [3.63, 3.8) is 0 Å². The van der Waals surface area contributed by atoms with Crippen LogP contribution in [-0.2, 0) is 14.3 Å². The number of amides is 2. The lowest BCUT2D eigenvalue weighted by Gasteiger charge is -2.18. The van der Waals surface area contributed by atoms with Crippen LogP contribution in [0.3, 0.4) is 0 Å². The first kappa shape index (κ1) is 22.4. The molecule has 178 valence electrons. The van der Waals surface area contributed by atoms with Gasteiger partial charge in [0.15, 0.2) is 0 Å². The van der Waals surface area contributed by atoms with Gasteiger partial charge in [0.1, 0.15) is 6.61 Å². The molecule has 3 atom stereocenters. The first-order valence-corrected chi connectivity index (χ1v) is 12.1. The molecule has 0 heterocycles. The van der Waals surface area contributed by atoms with Crippen LogP contribution in [0.15, 0.2) is 48.5 Å². The van der Waals surface area contributed by atoms with E-state index in [2.05, 4.69) is 34.9 Å². The van der Waals surface area contributed by atoms with Crippen molar-refractivity contribution in [1.82, 2.24) is 10.6 Å². The van der Waals surface area contributed by atoms with Crippen LogP contribution in [0.4, 0.5) is 4.79 Å². The first-order valence-electron chi connectivity index (χ1n) is 12.1. The second kappa shape index (κ2) is 9.49. The second-order valence-corrected chi connectivity index (χ2v) is 9.75. The minimum Gasteiger partial charge on any atom is -0.481 e. The van der Waals surface area contributed by atoms with Gasteiger partial charge in [0.25, 0.3) is 0 Å². The van der Waals surface area contributed by atoms with Crippen molar-refractivity contribution in [2.45, 2.75) is 31.6 Å². The van der Waals surface area contributed by atoms with Crippen molar-refractivity contribution in [2.75, 3.05) is 19.7 Å². The third-order valence-corrected chi connectivity index (χ3v) is 7.39. The van der Waals surface area contributed by atoms with E-state index in [1.165, 1.54) is 22.3 Å². The van der Waals surface area contributed by atoms with E-state index >= 15 is 0 Å². The lowest BCUT2D eigenvalue weighted by atomic mass is 9.98. The van der Waals surface area contributed by atoms with Gasteiger partial charge in [-0.05, 0) is 59.3 Å². The fourth-order valence-electron chi connectivity index (χ4n) is 5.17. The maximum Gasteiger partial charge on any atom is 0.407 e. The molecule has 0 saturated heterocycles. The van der Waals surface area contributed by atoms with Gasteiger partial charge in [0.2, 0.25) is 5.91 Å². The number of ether oxygens (including phenoxy) is 1. The summed E-state index contributed by atoms with van der Waals surface area (Å²) in [6.07, 6.45) is 2.63. The van der Waals surface area contributed by atoms with Gasteiger partial charge in [-0.25, -0.2) is 4.79 Å². The lowest BCUT2D eigenvalue weighted by molar-refractivity contribution is -0.139. The molecule has 34 heavy (non-hydrogen) atoms. The third-order valence-electron chi connectivity index (χ3n) is 7.39. The highest BCUT2D eigenvalue weighted by Crippen LogP contribution is 2.44. The molecule has 0 aromatic heterocycles. The molecule has 2 fully saturated rings. The smallest absolute Gasteiger partial charge is 0.407 e. The van der Waals surface area contributed by atoms with Crippen LogP contribution in [0.1, 0.15) is 42.7 Å². The van der Waals surface area contributed by atoms with E-state index in [1.54, 1.807) is 0 Å². The molecular formula is C27H30N2O5. The predicted molar refractivity (Wildman–Crippen MR) is 126 cm³/mol. The molecule has 5 rings (SSSR count). The summed E-state index contributed by atoms with van der Waals surface area (Å²) in [6.45, 7) is 1.07. The van der Waals surface area contributed by atoms with Gasteiger partial charge >= 0.3 is 12.1 Å². The average molecular weight is 463 g/mol. The van der Waals surface area contributed by atoms with Crippen molar-refractivity contribution in [2.24, 2.45) is 23.7 Å². The van der Waals surface area contributed by atoms with E-state index in [0.29, 0.717) is 31.8 Å². The number of alkyl carbamates (subject to hydrolysis) is 1. The van der Waals surface area contributed by atoms with Gasteiger partial charge in [0, 0.05) is 25.4 Å². The zero-order valence-corrected chi connectivity index (χ0v) is 19.0. The summed E-state index contributed by atoms with van der Waals surface area (Å²) in [6, 6.07) is 16.4. The van der Waals surface area contributed by atoms with Gasteiger partial charge in [-0.3, -0.25) is 9.59 Å². The summed E-state index contributed by atoms with van der Waals surface area (Å²) >= 11 is 0. The van der Waals surface area contributed by atoms with Crippen LogP contribution >= 0.6 is 0 Å². The Bertz CT molecular complexity index is 1050. The van der Waals surface area contributed by atoms with Gasteiger partial charge < -0.3 is 20.5 Å². The number of hydrogen-bond acceptors (Lipinski definition) is 4. The zero-order valence-electron chi connectivity index (χ0n) is 19.0. The summed E-state index contributed by atoms with van der Waals surface area (Å²) in [5.41, 5.74) is 4.72. The highest BCUT2D eigenvalue weighted by atomic mass is 16.5. The Morgan fingerprint density at radius 1 is 0.971 bits per heavy atom. The van der Waals surface area contributed by atoms with E-state index in [9.17, 15) is 14.4 Å². The molecule has 2 amide bonds. The molecule has 0 bridgehead atoms. The second-order valence-electron chi connectivity index (χ2n) is 9.75. The van der Waals surface area contributed by atoms with Gasteiger partial charge in [-0.1, -0.05) is 48.5 Å². The normalized spacial score (nSPS) is 21.2. The zero-order chi connectivity index (χ0) is 23.7. The van der Waals surface area contributed by atoms with Crippen LogP contribution in [0, 0.1) is 23.7 Å². The summed E-state index contributed by atoms with van der Waals surface area (Å²) in [4.78, 5) is 35.8. The minimum absolute atomic E-state index is 0.0141. The van der Waals surface area contributed by atoms with Crippen LogP contribution in [0.5, 0.6) is 0 Å². The number of carbonyl (C=O) groups is 3. The van der Waals surface area contributed by atoms with Crippen LogP contribution in [0.2, 0.25) is 0 Å². The van der Waals surface area contributed by atoms with Crippen molar-refractivity contribution in [1.29, 1.82) is 0 Å². The van der Waals surface area contributed by atoms with E-state index in [-0.39, 0.29) is 36.2 Å². The standard InChI is InChI=1S/C27H30N2O5/c30-25(28-14-18-11-23(18)26(31)32)12-17(16-9-10-16)13-29-27(33)34-15-24-21-7-3-1-5-19(21)20-6-2-4-8-22(20)24/h1-8,16-18,23-24H,9-15H2,(H,28,30)(H,29,33)(H,31,32). The predicted octanol–water partition coefficient (Wildman–Crippen LogP) is 3.78. The van der Waals surface area contributed by atoms with Crippen molar-refractivity contribution < 1.29 is 24.2 Å². The number of hydrogen-bond donors (Lipinski definition) is 3. The number of carboxylic acids is 1. The molecule has 3 unspecified atom stereocenters. The van der Waals surface area contributed by atoms with E-state index in [1.807, 2.05) is 24.3 Å². The third kappa shape index (κ3) is 4.93. The Kier molecular flexibility index (Phi) is 6.26. The Hall–Kier alpha value is -3.35. The summed E-state index contributed by atoms with van der Waals surface area (Å²) in [5, 5.41) is 14.7. The average Bonchev–Trinajstić information content (AvgIpc) is 3.76. The molecule has 0 radical (unpaired) electrons. The van der Waals surface area contributed by atoms with Crippen molar-refractivity contribution >= 4 is 18.0 Å². The van der Waals surface area contributed by atoms with Gasteiger partial charge in [-0.2, -0.15) is 0 Å². The number of rotatable bonds is 10. The Morgan fingerprint density at radius 2 is 1.62 bits per heavy atom. The molecular weight excluding hydrogens is 432 g/mol. The molecule has 3 N–H and O–H groups in total. The number of fused-ring (bicyclic) bond motifs is 3. The lowest BCUT2D eigenvalue weighted by Crippen LogP contribution is -2.35. The Balaban J connectivity index is 1.09. The highest BCUT2D eigenvalue weighted by Gasteiger charge is 2.43. The van der Waals surface area contributed by atoms with Crippen molar-refractivity contribution in [3.8, 4) is 11.1 Å². The number of carboxylic acid groups (broad SMARTS) is 1. The molecule has 2 saturated carbocycles. The van der Waals surface area contributed by atoms with E-state index in [0.717, 1.165) is 12.8 Å². The minimum atomic E-state index is -0.789. The van der Waals surface area contributed by atoms with E-state index in [4.69, 9.17) is 9.84 Å². The van der Waals surface area contributed by atoms with Crippen molar-refractivity contribution in [3.05, 3.63) is 59.7 Å². The SMILES string of the molecule is O=C(CC(CNC(=O)OCC1c2ccccc2-c2ccccc21)C1CC1)NCC1CC1C(=O)O. The van der Waals surface area contributed by atoms with Crippen LogP contribution in [-0.4, -0.2) is 42.8 Å². The number of nitrogens with one attached hydrogen (secondary N) is 2. The van der Waals surface area contributed by atoms with Crippen LogP contribution < -0.4 is 10.6 Å². The maximum atomic E-state index is 12.5. The van der Waals surface area contributed by atoms with Crippen LogP contribution in [0.25, 0.3) is 11.1 Å². The molecule has 0 aliphatic heterocycles. The molecule has 2 aromatic rings. The fourth-order valence-corrected chi connectivity index (χ4v) is 5.17. The fraction of sp³-hybridized carbons (Fsp3) is 0.444. The summed E-state index contributed by atoms with van der Waals surface area (Å²) in [7, 11) is 0. The molecule has 3 aliphatic carbocycles. The number of aliphatic carboxylic acids is 1. The van der Waals surface area contributed by atoms with Gasteiger partial charge in [-0.15, -0.1) is 0 Å². The quantitative estimate of drug-likeness (QED) is 0.498. The number of carbonyl (C=O) groups excluding carboxylic acids is 2. The Morgan fingerprint density at radius 3 is 2.21 bits per heavy atom. The topological polar surface area (TPSA) is 105 Å². The monoisotopic (exact) mass is 462 g/mol. The first-order chi connectivity index (χ1) is 16.5. The molecule has 2 aromatic carbocycles. The van der Waals surface area contributed by atoms with E-state index < -0.39 is 12.1 Å². The molecule has 7 heteroatoms. The largest absolute Gasteiger partial charge is 0.481 e. The molecule has 0 spiro atoms.